The highest BCUT2D eigenvalue weighted by molar-refractivity contribution is 7.80. The van der Waals surface area contributed by atoms with E-state index in [2.05, 4.69) is 30.7 Å². The van der Waals surface area contributed by atoms with Crippen LogP contribution in [0.2, 0.25) is 0 Å². The van der Waals surface area contributed by atoms with Crippen molar-refractivity contribution in [2.45, 2.75) is 12.1 Å². The van der Waals surface area contributed by atoms with Gasteiger partial charge in [-0.2, -0.15) is 0 Å². The van der Waals surface area contributed by atoms with Crippen LogP contribution in [0.4, 0.5) is 5.69 Å². The zero-order chi connectivity index (χ0) is 23.5. The van der Waals surface area contributed by atoms with E-state index in [1.807, 2.05) is 30.5 Å². The number of nitro benzene ring substituents is 1. The summed E-state index contributed by atoms with van der Waals surface area (Å²) in [5.74, 6) is 0. The summed E-state index contributed by atoms with van der Waals surface area (Å²) >= 11 is 5.80. The number of thiocarbonyl (C=S) groups is 1. The molecular formula is C24H26N6O3S. The molecule has 10 heteroatoms. The molecule has 2 fully saturated rings. The minimum atomic E-state index is -0.385. The first kappa shape index (κ1) is 22.5. The van der Waals surface area contributed by atoms with Crippen LogP contribution in [-0.2, 0) is 4.74 Å². The van der Waals surface area contributed by atoms with Gasteiger partial charge in [0, 0.05) is 62.1 Å². The van der Waals surface area contributed by atoms with Crippen LogP contribution >= 0.6 is 12.2 Å². The van der Waals surface area contributed by atoms with Crippen LogP contribution in [0.25, 0.3) is 5.69 Å². The largest absolute Gasteiger partial charge is 0.379 e. The molecule has 2 atom stereocenters. The van der Waals surface area contributed by atoms with E-state index in [1.54, 1.807) is 18.3 Å². The van der Waals surface area contributed by atoms with E-state index in [4.69, 9.17) is 17.0 Å². The van der Waals surface area contributed by atoms with Gasteiger partial charge in [-0.25, -0.2) is 0 Å². The quantitative estimate of drug-likeness (QED) is 0.315. The number of non-ortho nitro benzene ring substituents is 1. The Morgan fingerprint density at radius 2 is 1.88 bits per heavy atom. The third-order valence-corrected chi connectivity index (χ3v) is 6.73. The zero-order valence-corrected chi connectivity index (χ0v) is 19.4. The Bertz CT molecular complexity index is 1150. The van der Waals surface area contributed by atoms with Crippen molar-refractivity contribution in [2.75, 3.05) is 39.4 Å². The molecule has 2 aliphatic heterocycles. The first-order valence-electron chi connectivity index (χ1n) is 11.3. The Hall–Kier alpha value is -3.34. The SMILES string of the molecule is O=[N+]([O-])c1ccc(-n2cccc2[C@@H]2[C@@H](c3ccccn3)NC(=S)N2CCN2CCOCC2)cc1. The number of ether oxygens (including phenoxy) is 1. The minimum absolute atomic E-state index is 0.0691. The second-order valence-corrected chi connectivity index (χ2v) is 8.74. The van der Waals surface area contributed by atoms with Crippen LogP contribution in [0.15, 0.2) is 67.0 Å². The summed E-state index contributed by atoms with van der Waals surface area (Å²) in [5.41, 5.74) is 2.88. The molecule has 1 aromatic carbocycles. The Labute approximate surface area is 203 Å². The first-order valence-corrected chi connectivity index (χ1v) is 11.7. The van der Waals surface area contributed by atoms with Crippen molar-refractivity contribution in [3.8, 4) is 5.69 Å². The summed E-state index contributed by atoms with van der Waals surface area (Å²) in [4.78, 5) is 20.0. The van der Waals surface area contributed by atoms with Gasteiger partial charge in [-0.15, -0.1) is 0 Å². The summed E-state index contributed by atoms with van der Waals surface area (Å²) in [6.07, 6.45) is 3.77. The maximum absolute atomic E-state index is 11.1. The molecule has 5 rings (SSSR count). The predicted octanol–water partition coefficient (Wildman–Crippen LogP) is 3.09. The Morgan fingerprint density at radius 1 is 1.09 bits per heavy atom. The fourth-order valence-electron chi connectivity index (χ4n) is 4.65. The van der Waals surface area contributed by atoms with E-state index in [1.165, 1.54) is 12.1 Å². The number of hydrogen-bond donors (Lipinski definition) is 1. The molecule has 2 aromatic heterocycles. The predicted molar refractivity (Wildman–Crippen MR) is 132 cm³/mol. The number of aromatic nitrogens is 2. The van der Waals surface area contributed by atoms with E-state index in [0.717, 1.165) is 56.5 Å². The van der Waals surface area contributed by atoms with E-state index in [-0.39, 0.29) is 22.7 Å². The van der Waals surface area contributed by atoms with E-state index in [0.29, 0.717) is 5.11 Å². The number of morpholine rings is 1. The fraction of sp³-hybridized carbons (Fsp3) is 0.333. The zero-order valence-electron chi connectivity index (χ0n) is 18.6. The summed E-state index contributed by atoms with van der Waals surface area (Å²) in [6, 6.07) is 16.4. The highest BCUT2D eigenvalue weighted by atomic mass is 32.1. The molecule has 0 aliphatic carbocycles. The second kappa shape index (κ2) is 9.88. The van der Waals surface area contributed by atoms with Crippen molar-refractivity contribution in [1.82, 2.24) is 24.7 Å². The molecule has 176 valence electrons. The number of benzene rings is 1. The molecule has 34 heavy (non-hydrogen) atoms. The van der Waals surface area contributed by atoms with Crippen molar-refractivity contribution in [3.63, 3.8) is 0 Å². The molecule has 0 spiro atoms. The monoisotopic (exact) mass is 478 g/mol. The molecule has 0 bridgehead atoms. The second-order valence-electron chi connectivity index (χ2n) is 8.35. The van der Waals surface area contributed by atoms with E-state index in [9.17, 15) is 10.1 Å². The fourth-order valence-corrected chi connectivity index (χ4v) is 4.98. The summed E-state index contributed by atoms with van der Waals surface area (Å²) in [6.45, 7) is 5.00. The van der Waals surface area contributed by atoms with Gasteiger partial charge in [-0.05, 0) is 48.6 Å². The van der Waals surface area contributed by atoms with Crippen LogP contribution in [0.1, 0.15) is 23.5 Å². The van der Waals surface area contributed by atoms with Crippen LogP contribution < -0.4 is 5.32 Å². The van der Waals surface area contributed by atoms with Crippen molar-refractivity contribution in [2.24, 2.45) is 0 Å². The molecule has 9 nitrogen and oxygen atoms in total. The van der Waals surface area contributed by atoms with E-state index < -0.39 is 0 Å². The third-order valence-electron chi connectivity index (χ3n) is 6.38. The van der Waals surface area contributed by atoms with E-state index >= 15 is 0 Å². The van der Waals surface area contributed by atoms with Crippen LogP contribution in [0.3, 0.4) is 0 Å². The molecule has 4 heterocycles. The topological polar surface area (TPSA) is 88.7 Å². The number of nitrogens with zero attached hydrogens (tertiary/aromatic N) is 5. The van der Waals surface area contributed by atoms with Crippen LogP contribution in [0.5, 0.6) is 0 Å². The molecule has 0 unspecified atom stereocenters. The molecule has 0 amide bonds. The standard InChI is InChI=1S/C24H26N6O3S/c31-30(32)19-8-6-18(7-9-19)28-11-3-5-21(28)23-22(20-4-1-2-10-25-20)26-24(34)29(23)13-12-27-14-16-33-17-15-27/h1-11,22-23H,12-17H2,(H,26,34)/t22-,23-/m1/s1. The molecule has 0 saturated carbocycles. The van der Waals surface area contributed by atoms with Gasteiger partial charge in [-0.3, -0.25) is 20.0 Å². The average molecular weight is 479 g/mol. The maximum Gasteiger partial charge on any atom is 0.269 e. The Kier molecular flexibility index (Phi) is 6.52. The molecule has 3 aromatic rings. The number of pyridine rings is 1. The van der Waals surface area contributed by atoms with Gasteiger partial charge in [0.25, 0.3) is 5.69 Å². The molecule has 0 radical (unpaired) electrons. The molecule has 1 N–H and O–H groups in total. The van der Waals surface area contributed by atoms with Gasteiger partial charge < -0.3 is 19.5 Å². The number of nitro groups is 1. The number of rotatable bonds is 7. The van der Waals surface area contributed by atoms with Crippen LogP contribution in [0, 0.1) is 10.1 Å². The highest BCUT2D eigenvalue weighted by Crippen LogP contribution is 2.39. The van der Waals surface area contributed by atoms with Crippen molar-refractivity contribution >= 4 is 23.0 Å². The Balaban J connectivity index is 1.49. The summed E-state index contributed by atoms with van der Waals surface area (Å²) in [7, 11) is 0. The van der Waals surface area contributed by atoms with Gasteiger partial charge in [0.15, 0.2) is 5.11 Å². The minimum Gasteiger partial charge on any atom is -0.379 e. The lowest BCUT2D eigenvalue weighted by molar-refractivity contribution is -0.384. The van der Waals surface area contributed by atoms with Gasteiger partial charge in [0.1, 0.15) is 0 Å². The van der Waals surface area contributed by atoms with Crippen molar-refractivity contribution < 1.29 is 9.66 Å². The molecule has 2 aliphatic rings. The van der Waals surface area contributed by atoms with Gasteiger partial charge >= 0.3 is 0 Å². The molecule has 2 saturated heterocycles. The molecular weight excluding hydrogens is 452 g/mol. The lowest BCUT2D eigenvalue weighted by Crippen LogP contribution is -2.42. The van der Waals surface area contributed by atoms with Crippen molar-refractivity contribution in [3.05, 3.63) is 88.5 Å². The maximum atomic E-state index is 11.1. The summed E-state index contributed by atoms with van der Waals surface area (Å²) < 4.78 is 7.56. The number of nitrogens with one attached hydrogen (secondary N) is 1. The summed E-state index contributed by atoms with van der Waals surface area (Å²) in [5, 5.41) is 15.3. The van der Waals surface area contributed by atoms with Crippen LogP contribution in [-0.4, -0.2) is 68.8 Å². The smallest absolute Gasteiger partial charge is 0.269 e. The average Bonchev–Trinajstić information content (AvgIpc) is 3.48. The number of hydrogen-bond acceptors (Lipinski definition) is 6. The lowest BCUT2D eigenvalue weighted by atomic mass is 10.0. The van der Waals surface area contributed by atoms with Crippen molar-refractivity contribution in [1.29, 1.82) is 0 Å². The third kappa shape index (κ3) is 4.52. The first-order chi connectivity index (χ1) is 16.6. The lowest BCUT2D eigenvalue weighted by Gasteiger charge is -2.32. The normalized spacial score (nSPS) is 20.9. The highest BCUT2D eigenvalue weighted by Gasteiger charge is 2.41. The van der Waals surface area contributed by atoms with Gasteiger partial charge in [0.05, 0.1) is 35.9 Å². The Morgan fingerprint density at radius 3 is 2.59 bits per heavy atom. The van der Waals surface area contributed by atoms with Gasteiger partial charge in [0.2, 0.25) is 0 Å². The van der Waals surface area contributed by atoms with Gasteiger partial charge in [-0.1, -0.05) is 6.07 Å².